The normalized spacial score (nSPS) is 15.4. The van der Waals surface area contributed by atoms with Crippen LogP contribution >= 0.6 is 0 Å². The minimum absolute atomic E-state index is 0.250. The smallest absolute Gasteiger partial charge is 0.200 e. The van der Waals surface area contributed by atoms with E-state index in [1.807, 2.05) is 50.2 Å². The van der Waals surface area contributed by atoms with Crippen LogP contribution in [0.3, 0.4) is 0 Å². The SMILES string of the molecule is Cc1ccc2c(c1)S(=O)(=O)C=C2COc1ccccc1C. The number of hydrogen-bond acceptors (Lipinski definition) is 3. The van der Waals surface area contributed by atoms with E-state index in [1.165, 1.54) is 5.41 Å². The Kier molecular flexibility index (Phi) is 3.33. The molecule has 0 bridgehead atoms. The average molecular weight is 300 g/mol. The summed E-state index contributed by atoms with van der Waals surface area (Å²) in [7, 11) is -3.33. The third kappa shape index (κ3) is 2.59. The first-order valence-corrected chi connectivity index (χ1v) is 8.27. The Bertz CT molecular complexity index is 833. The van der Waals surface area contributed by atoms with Gasteiger partial charge in [-0.15, -0.1) is 0 Å². The minimum Gasteiger partial charge on any atom is -0.489 e. The molecule has 0 unspecified atom stereocenters. The average Bonchev–Trinajstić information content (AvgIpc) is 2.69. The van der Waals surface area contributed by atoms with Gasteiger partial charge in [0.1, 0.15) is 12.4 Å². The highest BCUT2D eigenvalue weighted by molar-refractivity contribution is 7.95. The molecule has 0 spiro atoms. The molecule has 2 aromatic carbocycles. The molecule has 2 aromatic rings. The summed E-state index contributed by atoms with van der Waals surface area (Å²) in [5.74, 6) is 0.774. The Hall–Kier alpha value is -2.07. The lowest BCUT2D eigenvalue weighted by Gasteiger charge is -2.10. The molecule has 1 aliphatic rings. The molecule has 108 valence electrons. The molecule has 0 saturated heterocycles. The van der Waals surface area contributed by atoms with Crippen LogP contribution in [0.5, 0.6) is 5.75 Å². The molecule has 0 amide bonds. The molecular weight excluding hydrogens is 284 g/mol. The molecule has 3 rings (SSSR count). The summed E-state index contributed by atoms with van der Waals surface area (Å²) in [4.78, 5) is 0.380. The number of rotatable bonds is 3. The summed E-state index contributed by atoms with van der Waals surface area (Å²) in [5.41, 5.74) is 3.41. The zero-order valence-corrected chi connectivity index (χ0v) is 12.8. The minimum atomic E-state index is -3.33. The predicted octanol–water partition coefficient (Wildman–Crippen LogP) is 3.51. The van der Waals surface area contributed by atoms with Crippen molar-refractivity contribution in [2.45, 2.75) is 18.7 Å². The van der Waals surface area contributed by atoms with Crippen molar-refractivity contribution in [2.75, 3.05) is 6.61 Å². The molecule has 0 N–H and O–H groups in total. The van der Waals surface area contributed by atoms with Crippen molar-refractivity contribution in [3.63, 3.8) is 0 Å². The molecule has 21 heavy (non-hydrogen) atoms. The predicted molar refractivity (Wildman–Crippen MR) is 83.0 cm³/mol. The number of fused-ring (bicyclic) bond motifs is 1. The molecule has 4 heteroatoms. The van der Waals surface area contributed by atoms with Crippen LogP contribution in [0, 0.1) is 13.8 Å². The van der Waals surface area contributed by atoms with Gasteiger partial charge < -0.3 is 4.74 Å². The van der Waals surface area contributed by atoms with Crippen LogP contribution in [-0.2, 0) is 9.84 Å². The Labute approximate surface area is 124 Å². The number of benzene rings is 2. The third-order valence-electron chi connectivity index (χ3n) is 3.56. The second kappa shape index (κ2) is 5.04. The van der Waals surface area contributed by atoms with E-state index in [9.17, 15) is 8.42 Å². The highest BCUT2D eigenvalue weighted by Crippen LogP contribution is 2.34. The van der Waals surface area contributed by atoms with Crippen LogP contribution in [-0.4, -0.2) is 15.0 Å². The highest BCUT2D eigenvalue weighted by atomic mass is 32.2. The van der Waals surface area contributed by atoms with Gasteiger partial charge in [-0.05, 0) is 37.1 Å². The second-order valence-electron chi connectivity index (χ2n) is 5.24. The summed E-state index contributed by atoms with van der Waals surface area (Å²) in [6.07, 6.45) is 0. The first kappa shape index (κ1) is 13.9. The highest BCUT2D eigenvalue weighted by Gasteiger charge is 2.27. The zero-order chi connectivity index (χ0) is 15.0. The van der Waals surface area contributed by atoms with Gasteiger partial charge in [-0.25, -0.2) is 8.42 Å². The van der Waals surface area contributed by atoms with E-state index in [-0.39, 0.29) is 6.61 Å². The lowest BCUT2D eigenvalue weighted by molar-refractivity contribution is 0.367. The van der Waals surface area contributed by atoms with Gasteiger partial charge in [-0.3, -0.25) is 0 Å². The van der Waals surface area contributed by atoms with E-state index in [4.69, 9.17) is 4.74 Å². The number of ether oxygens (including phenoxy) is 1. The topological polar surface area (TPSA) is 43.4 Å². The summed E-state index contributed by atoms with van der Waals surface area (Å²) >= 11 is 0. The Morgan fingerprint density at radius 3 is 2.57 bits per heavy atom. The molecule has 0 fully saturated rings. The quantitative estimate of drug-likeness (QED) is 0.871. The fourth-order valence-corrected chi connectivity index (χ4v) is 3.98. The first-order valence-electron chi connectivity index (χ1n) is 6.72. The third-order valence-corrected chi connectivity index (χ3v) is 5.11. The Balaban J connectivity index is 1.90. The van der Waals surface area contributed by atoms with E-state index >= 15 is 0 Å². The van der Waals surface area contributed by atoms with Crippen LogP contribution in [0.15, 0.2) is 52.8 Å². The van der Waals surface area contributed by atoms with Gasteiger partial charge in [0.15, 0.2) is 0 Å². The van der Waals surface area contributed by atoms with Crippen molar-refractivity contribution < 1.29 is 13.2 Å². The molecule has 3 nitrogen and oxygen atoms in total. The molecular formula is C17H16O3S. The van der Waals surface area contributed by atoms with Crippen LogP contribution in [0.4, 0.5) is 0 Å². The van der Waals surface area contributed by atoms with Gasteiger partial charge >= 0.3 is 0 Å². The number of para-hydroxylation sites is 1. The maximum Gasteiger partial charge on any atom is 0.200 e. The largest absolute Gasteiger partial charge is 0.489 e. The Morgan fingerprint density at radius 1 is 1.05 bits per heavy atom. The molecule has 0 aliphatic carbocycles. The molecule has 1 aliphatic heterocycles. The van der Waals surface area contributed by atoms with E-state index in [0.29, 0.717) is 10.5 Å². The van der Waals surface area contributed by atoms with E-state index in [0.717, 1.165) is 22.4 Å². The zero-order valence-electron chi connectivity index (χ0n) is 12.0. The van der Waals surface area contributed by atoms with E-state index in [2.05, 4.69) is 0 Å². The van der Waals surface area contributed by atoms with Crippen molar-refractivity contribution in [1.29, 1.82) is 0 Å². The summed E-state index contributed by atoms with van der Waals surface area (Å²) in [5, 5.41) is 1.31. The van der Waals surface area contributed by atoms with Gasteiger partial charge in [0, 0.05) is 16.5 Å². The van der Waals surface area contributed by atoms with Gasteiger partial charge in [-0.2, -0.15) is 0 Å². The second-order valence-corrected chi connectivity index (χ2v) is 7.01. The lowest BCUT2D eigenvalue weighted by atomic mass is 10.1. The number of hydrogen-bond donors (Lipinski definition) is 0. The number of aryl methyl sites for hydroxylation is 2. The molecule has 1 heterocycles. The lowest BCUT2D eigenvalue weighted by Crippen LogP contribution is -2.00. The fourth-order valence-electron chi connectivity index (χ4n) is 2.43. The molecule has 0 aromatic heterocycles. The van der Waals surface area contributed by atoms with Crippen LogP contribution in [0.2, 0.25) is 0 Å². The van der Waals surface area contributed by atoms with Crippen LogP contribution in [0.25, 0.3) is 5.57 Å². The summed E-state index contributed by atoms with van der Waals surface area (Å²) in [6.45, 7) is 4.10. The van der Waals surface area contributed by atoms with Crippen molar-refractivity contribution in [2.24, 2.45) is 0 Å². The summed E-state index contributed by atoms with van der Waals surface area (Å²) in [6, 6.07) is 13.2. The van der Waals surface area contributed by atoms with Crippen molar-refractivity contribution in [3.05, 3.63) is 64.6 Å². The molecule has 0 saturated carbocycles. The van der Waals surface area contributed by atoms with Gasteiger partial charge in [0.05, 0.1) is 4.90 Å². The maximum atomic E-state index is 12.2. The van der Waals surface area contributed by atoms with Crippen LogP contribution in [0.1, 0.15) is 16.7 Å². The monoisotopic (exact) mass is 300 g/mol. The first-order chi connectivity index (χ1) is 9.97. The van der Waals surface area contributed by atoms with Crippen molar-refractivity contribution >= 4 is 15.4 Å². The van der Waals surface area contributed by atoms with E-state index in [1.54, 1.807) is 6.07 Å². The summed E-state index contributed by atoms with van der Waals surface area (Å²) < 4.78 is 30.1. The van der Waals surface area contributed by atoms with Gasteiger partial charge in [-0.1, -0.05) is 30.3 Å². The number of sulfone groups is 1. The van der Waals surface area contributed by atoms with E-state index < -0.39 is 9.84 Å². The van der Waals surface area contributed by atoms with Crippen molar-refractivity contribution in [3.8, 4) is 5.75 Å². The Morgan fingerprint density at radius 2 is 1.81 bits per heavy atom. The molecule has 0 atom stereocenters. The van der Waals surface area contributed by atoms with Gasteiger partial charge in [0.25, 0.3) is 0 Å². The maximum absolute atomic E-state index is 12.2. The fraction of sp³-hybridized carbons (Fsp3) is 0.176. The standard InChI is InChI=1S/C17H16O3S/c1-12-7-8-15-14(11-21(18,19)17(15)9-12)10-20-16-6-4-3-5-13(16)2/h3-9,11H,10H2,1-2H3. The molecule has 0 radical (unpaired) electrons. The van der Waals surface area contributed by atoms with Crippen LogP contribution < -0.4 is 4.74 Å². The van der Waals surface area contributed by atoms with Crippen molar-refractivity contribution in [1.82, 2.24) is 0 Å². The van der Waals surface area contributed by atoms with Gasteiger partial charge in [0.2, 0.25) is 9.84 Å².